The van der Waals surface area contributed by atoms with Gasteiger partial charge in [-0.1, -0.05) is 60.7 Å². The third kappa shape index (κ3) is 2.22. The van der Waals surface area contributed by atoms with Crippen LogP contribution in [0.1, 0.15) is 22.6 Å². The second-order valence-corrected chi connectivity index (χ2v) is 4.72. The molecule has 0 aliphatic rings. The van der Waals surface area contributed by atoms with E-state index in [4.69, 9.17) is 9.68 Å². The molecule has 0 spiro atoms. The van der Waals surface area contributed by atoms with Gasteiger partial charge in [-0.15, -0.1) is 0 Å². The van der Waals surface area contributed by atoms with Crippen molar-refractivity contribution < 1.29 is 9.52 Å². The Morgan fingerprint density at radius 2 is 1.33 bits per heavy atom. The summed E-state index contributed by atoms with van der Waals surface area (Å²) in [6.45, 7) is 0. The Morgan fingerprint density at radius 1 is 0.810 bits per heavy atom. The Labute approximate surface area is 122 Å². The summed E-state index contributed by atoms with van der Waals surface area (Å²) in [4.78, 5) is 0. The van der Waals surface area contributed by atoms with Gasteiger partial charge in [-0.25, -0.2) is 0 Å². The number of rotatable bonds is 3. The lowest BCUT2D eigenvalue weighted by Gasteiger charge is -2.27. The van der Waals surface area contributed by atoms with E-state index in [1.165, 1.54) is 0 Å². The monoisotopic (exact) mass is 275 g/mol. The second kappa shape index (κ2) is 5.28. The molecular weight excluding hydrogens is 262 g/mol. The van der Waals surface area contributed by atoms with Crippen molar-refractivity contribution in [1.82, 2.24) is 0 Å². The molecule has 0 aliphatic carbocycles. The number of benzene rings is 2. The lowest BCUT2D eigenvalue weighted by molar-refractivity contribution is 0.0985. The molecule has 102 valence electrons. The van der Waals surface area contributed by atoms with Crippen LogP contribution in [0.15, 0.2) is 77.2 Å². The van der Waals surface area contributed by atoms with Crippen molar-refractivity contribution in [3.63, 3.8) is 0 Å². The molecule has 3 heteroatoms. The highest BCUT2D eigenvalue weighted by atomic mass is 16.4. The molecule has 0 amide bonds. The maximum absolute atomic E-state index is 11.3. The van der Waals surface area contributed by atoms with E-state index in [1.807, 2.05) is 66.7 Å². The van der Waals surface area contributed by atoms with Crippen molar-refractivity contribution in [3.05, 3.63) is 95.4 Å². The molecule has 0 saturated carbocycles. The van der Waals surface area contributed by atoms with Crippen molar-refractivity contribution in [2.75, 3.05) is 0 Å². The van der Waals surface area contributed by atoms with E-state index in [0.717, 1.165) is 0 Å². The molecule has 1 aromatic heterocycles. The average Bonchev–Trinajstić information content (AvgIpc) is 3.05. The molecule has 2 aromatic carbocycles. The summed E-state index contributed by atoms with van der Waals surface area (Å²) in [7, 11) is 0. The van der Waals surface area contributed by atoms with Crippen LogP contribution in [0.3, 0.4) is 0 Å². The molecule has 0 atom stereocenters. The summed E-state index contributed by atoms with van der Waals surface area (Å²) < 4.78 is 5.50. The summed E-state index contributed by atoms with van der Waals surface area (Å²) >= 11 is 0. The first kappa shape index (κ1) is 13.2. The number of hydrogen-bond donors (Lipinski definition) is 1. The van der Waals surface area contributed by atoms with E-state index in [0.29, 0.717) is 16.9 Å². The van der Waals surface area contributed by atoms with Crippen molar-refractivity contribution in [3.8, 4) is 6.07 Å². The molecule has 0 saturated heterocycles. The van der Waals surface area contributed by atoms with Crippen molar-refractivity contribution in [2.45, 2.75) is 5.60 Å². The van der Waals surface area contributed by atoms with Crippen molar-refractivity contribution in [1.29, 1.82) is 5.26 Å². The molecule has 3 aromatic rings. The van der Waals surface area contributed by atoms with Gasteiger partial charge < -0.3 is 9.52 Å². The van der Waals surface area contributed by atoms with Gasteiger partial charge in [-0.05, 0) is 23.3 Å². The lowest BCUT2D eigenvalue weighted by atomic mass is 9.84. The second-order valence-electron chi connectivity index (χ2n) is 4.72. The third-order valence-electron chi connectivity index (χ3n) is 3.46. The number of nitriles is 1. The first-order chi connectivity index (χ1) is 10.2. The molecule has 0 fully saturated rings. The SMILES string of the molecule is N#Cc1ccc(C(O)(c2ccccc2)c2ccccc2)o1. The topological polar surface area (TPSA) is 57.2 Å². The van der Waals surface area contributed by atoms with Crippen LogP contribution in [0, 0.1) is 11.3 Å². The standard InChI is InChI=1S/C18H13NO2/c19-13-16-11-12-17(21-16)18(20,14-7-3-1-4-8-14)15-9-5-2-6-10-15/h1-12,20H. The summed E-state index contributed by atoms with van der Waals surface area (Å²) in [5.41, 5.74) is -0.0393. The molecule has 0 unspecified atom stereocenters. The van der Waals surface area contributed by atoms with Gasteiger partial charge in [0.1, 0.15) is 11.8 Å². The van der Waals surface area contributed by atoms with Crippen molar-refractivity contribution in [2.24, 2.45) is 0 Å². The van der Waals surface area contributed by atoms with Gasteiger partial charge in [0.15, 0.2) is 5.60 Å². The normalized spacial score (nSPS) is 11.0. The maximum atomic E-state index is 11.3. The zero-order valence-corrected chi connectivity index (χ0v) is 11.2. The summed E-state index contributed by atoms with van der Waals surface area (Å²) in [5.74, 6) is 0.506. The molecule has 3 nitrogen and oxygen atoms in total. The summed E-state index contributed by atoms with van der Waals surface area (Å²) in [5, 5.41) is 20.3. The minimum Gasteiger partial charge on any atom is -0.447 e. The molecule has 0 bridgehead atoms. The fraction of sp³-hybridized carbons (Fsp3) is 0.0556. The van der Waals surface area contributed by atoms with E-state index in [2.05, 4.69) is 0 Å². The molecule has 0 aliphatic heterocycles. The maximum Gasteiger partial charge on any atom is 0.203 e. The number of aliphatic hydroxyl groups is 1. The fourth-order valence-corrected chi connectivity index (χ4v) is 2.40. The zero-order valence-electron chi connectivity index (χ0n) is 11.2. The van der Waals surface area contributed by atoms with E-state index in [9.17, 15) is 5.11 Å². The fourth-order valence-electron chi connectivity index (χ4n) is 2.40. The van der Waals surface area contributed by atoms with Crippen LogP contribution in [0.5, 0.6) is 0 Å². The molecule has 21 heavy (non-hydrogen) atoms. The van der Waals surface area contributed by atoms with Crippen LogP contribution in [0.25, 0.3) is 0 Å². The molecule has 1 heterocycles. The van der Waals surface area contributed by atoms with Gasteiger partial charge in [0.25, 0.3) is 0 Å². The van der Waals surface area contributed by atoms with Crippen LogP contribution in [0.4, 0.5) is 0 Å². The van der Waals surface area contributed by atoms with Gasteiger partial charge in [0, 0.05) is 0 Å². The summed E-state index contributed by atoms with van der Waals surface area (Å²) in [6.07, 6.45) is 0. The zero-order chi connectivity index (χ0) is 14.7. The smallest absolute Gasteiger partial charge is 0.203 e. The number of furan rings is 1. The molecule has 0 radical (unpaired) electrons. The van der Waals surface area contributed by atoms with Gasteiger partial charge in [0.05, 0.1) is 0 Å². The molecular formula is C18H13NO2. The van der Waals surface area contributed by atoms with Crippen LogP contribution in [-0.2, 0) is 5.60 Å². The highest BCUT2D eigenvalue weighted by Crippen LogP contribution is 2.37. The van der Waals surface area contributed by atoms with E-state index in [1.54, 1.807) is 12.1 Å². The highest BCUT2D eigenvalue weighted by molar-refractivity contribution is 5.44. The van der Waals surface area contributed by atoms with Crippen LogP contribution < -0.4 is 0 Å². The minimum absolute atomic E-state index is 0.176. The predicted octanol–water partition coefficient (Wildman–Crippen LogP) is 3.44. The summed E-state index contributed by atoms with van der Waals surface area (Å²) in [6, 6.07) is 23.7. The van der Waals surface area contributed by atoms with Crippen molar-refractivity contribution >= 4 is 0 Å². The van der Waals surface area contributed by atoms with Crippen LogP contribution in [-0.4, -0.2) is 5.11 Å². The molecule has 1 N–H and O–H groups in total. The van der Waals surface area contributed by atoms with Gasteiger partial charge in [-0.3, -0.25) is 0 Å². The quantitative estimate of drug-likeness (QED) is 0.796. The number of nitrogens with zero attached hydrogens (tertiary/aromatic N) is 1. The Morgan fingerprint density at radius 3 is 1.76 bits per heavy atom. The Balaban J connectivity index is 2.23. The van der Waals surface area contributed by atoms with E-state index in [-0.39, 0.29) is 5.76 Å². The Bertz CT molecular complexity index is 730. The van der Waals surface area contributed by atoms with E-state index >= 15 is 0 Å². The average molecular weight is 275 g/mol. The van der Waals surface area contributed by atoms with Gasteiger partial charge in [-0.2, -0.15) is 5.26 Å². The van der Waals surface area contributed by atoms with Crippen LogP contribution in [0.2, 0.25) is 0 Å². The predicted molar refractivity (Wildman–Crippen MR) is 78.4 cm³/mol. The Hall–Kier alpha value is -2.83. The highest BCUT2D eigenvalue weighted by Gasteiger charge is 2.36. The first-order valence-corrected chi connectivity index (χ1v) is 6.59. The Kier molecular flexibility index (Phi) is 3.31. The van der Waals surface area contributed by atoms with E-state index < -0.39 is 5.60 Å². The first-order valence-electron chi connectivity index (χ1n) is 6.59. The number of hydrogen-bond acceptors (Lipinski definition) is 3. The third-order valence-corrected chi connectivity index (χ3v) is 3.46. The van der Waals surface area contributed by atoms with Gasteiger partial charge >= 0.3 is 0 Å². The van der Waals surface area contributed by atoms with Crippen LogP contribution >= 0.6 is 0 Å². The van der Waals surface area contributed by atoms with Gasteiger partial charge in [0.2, 0.25) is 5.76 Å². The minimum atomic E-state index is -1.42. The largest absolute Gasteiger partial charge is 0.447 e. The lowest BCUT2D eigenvalue weighted by Crippen LogP contribution is -2.28. The molecule has 3 rings (SSSR count).